The summed E-state index contributed by atoms with van der Waals surface area (Å²) in [7, 11) is 3.42. The van der Waals surface area contributed by atoms with Crippen LogP contribution in [0.15, 0.2) is 0 Å². The third-order valence-electron chi connectivity index (χ3n) is 4.29. The number of hydrogen-bond donors (Lipinski definition) is 0. The minimum absolute atomic E-state index is 0.0306. The third kappa shape index (κ3) is 2.36. The van der Waals surface area contributed by atoms with E-state index in [1.165, 1.54) is 7.11 Å². The van der Waals surface area contributed by atoms with Gasteiger partial charge in [-0.25, -0.2) is 0 Å². The number of carbonyl (C=O) groups is 2. The molecule has 2 aliphatic rings. The van der Waals surface area contributed by atoms with Crippen LogP contribution in [0.4, 0.5) is 0 Å². The Morgan fingerprint density at radius 3 is 2.83 bits per heavy atom. The van der Waals surface area contributed by atoms with Gasteiger partial charge in [0.05, 0.1) is 5.54 Å². The molecule has 0 unspecified atom stereocenters. The lowest BCUT2D eigenvalue weighted by atomic mass is 9.80. The second-order valence-electron chi connectivity index (χ2n) is 5.38. The topological polar surface area (TPSA) is 49.9 Å². The van der Waals surface area contributed by atoms with Crippen molar-refractivity contribution in [3.05, 3.63) is 0 Å². The Kier molecular flexibility index (Phi) is 3.90. The maximum absolute atomic E-state index is 11.9. The van der Waals surface area contributed by atoms with Gasteiger partial charge in [-0.3, -0.25) is 9.59 Å². The highest BCUT2D eigenvalue weighted by atomic mass is 16.5. The van der Waals surface area contributed by atoms with E-state index in [2.05, 4.69) is 0 Å². The summed E-state index contributed by atoms with van der Waals surface area (Å²) in [5, 5.41) is 0. The number of likely N-dealkylation sites (N-methyl/N-ethyl adjacent to an activating group) is 1. The number of carbonyl (C=O) groups excluding carboxylic acids is 2. The zero-order chi connectivity index (χ0) is 13.2. The first-order valence-corrected chi connectivity index (χ1v) is 6.62. The van der Waals surface area contributed by atoms with E-state index < -0.39 is 0 Å². The molecule has 2 rings (SSSR count). The molecule has 2 heterocycles. The predicted molar refractivity (Wildman–Crippen MR) is 67.0 cm³/mol. The molecule has 2 saturated heterocycles. The van der Waals surface area contributed by atoms with Crippen LogP contribution in [-0.4, -0.2) is 61.0 Å². The average molecular weight is 254 g/mol. The minimum atomic E-state index is -0.128. The number of methoxy groups -OCH3 is 1. The fourth-order valence-electron chi connectivity index (χ4n) is 3.19. The van der Waals surface area contributed by atoms with Crippen molar-refractivity contribution < 1.29 is 14.3 Å². The molecule has 5 nitrogen and oxygen atoms in total. The van der Waals surface area contributed by atoms with E-state index in [0.29, 0.717) is 13.0 Å². The van der Waals surface area contributed by atoms with Crippen molar-refractivity contribution in [1.82, 2.24) is 9.80 Å². The number of nitrogens with zero attached hydrogens (tertiary/aromatic N) is 2. The van der Waals surface area contributed by atoms with Crippen LogP contribution in [0.1, 0.15) is 32.1 Å². The number of amides is 2. The fraction of sp³-hybridized carbons (Fsp3) is 0.846. The summed E-state index contributed by atoms with van der Waals surface area (Å²) in [6.45, 7) is 1.58. The van der Waals surface area contributed by atoms with Crippen LogP contribution in [0.5, 0.6) is 0 Å². The van der Waals surface area contributed by atoms with Crippen molar-refractivity contribution in [2.24, 2.45) is 0 Å². The normalized spacial score (nSPS) is 28.9. The van der Waals surface area contributed by atoms with Crippen LogP contribution in [0, 0.1) is 0 Å². The van der Waals surface area contributed by atoms with Gasteiger partial charge in [-0.05, 0) is 25.7 Å². The molecule has 0 aliphatic carbocycles. The van der Waals surface area contributed by atoms with Gasteiger partial charge in [0.15, 0.2) is 0 Å². The highest BCUT2D eigenvalue weighted by molar-refractivity contribution is 5.79. The summed E-state index contributed by atoms with van der Waals surface area (Å²) >= 11 is 0. The molecule has 1 spiro atoms. The number of hydrogen-bond acceptors (Lipinski definition) is 3. The van der Waals surface area contributed by atoms with Crippen LogP contribution < -0.4 is 0 Å². The molecule has 0 saturated carbocycles. The average Bonchev–Trinajstić information content (AvgIpc) is 2.37. The second-order valence-corrected chi connectivity index (χ2v) is 5.38. The Morgan fingerprint density at radius 2 is 2.11 bits per heavy atom. The van der Waals surface area contributed by atoms with Crippen molar-refractivity contribution in [3.8, 4) is 0 Å². The van der Waals surface area contributed by atoms with E-state index >= 15 is 0 Å². The molecule has 2 amide bonds. The number of ether oxygens (including phenoxy) is 1. The molecule has 0 bridgehead atoms. The first kappa shape index (κ1) is 13.3. The molecule has 18 heavy (non-hydrogen) atoms. The first-order valence-electron chi connectivity index (χ1n) is 6.62. The van der Waals surface area contributed by atoms with Crippen molar-refractivity contribution >= 4 is 11.8 Å². The molecule has 1 atom stereocenters. The van der Waals surface area contributed by atoms with E-state index in [-0.39, 0.29) is 24.0 Å². The Hall–Kier alpha value is -1.10. The van der Waals surface area contributed by atoms with Gasteiger partial charge in [0.1, 0.15) is 6.61 Å². The van der Waals surface area contributed by atoms with Gasteiger partial charge in [-0.15, -0.1) is 0 Å². The van der Waals surface area contributed by atoms with Gasteiger partial charge < -0.3 is 14.5 Å². The Labute approximate surface area is 108 Å². The number of rotatable bonds is 2. The third-order valence-corrected chi connectivity index (χ3v) is 4.29. The molecule has 0 aromatic rings. The van der Waals surface area contributed by atoms with Gasteiger partial charge in [0, 0.05) is 33.7 Å². The van der Waals surface area contributed by atoms with Crippen molar-refractivity contribution in [2.45, 2.75) is 37.6 Å². The summed E-state index contributed by atoms with van der Waals surface area (Å²) in [4.78, 5) is 27.5. The lowest BCUT2D eigenvalue weighted by Gasteiger charge is -2.50. The quantitative estimate of drug-likeness (QED) is 0.726. The minimum Gasteiger partial charge on any atom is -0.375 e. The molecule has 0 aromatic carbocycles. The summed E-state index contributed by atoms with van der Waals surface area (Å²) in [6.07, 6.45) is 4.56. The van der Waals surface area contributed by atoms with Crippen LogP contribution >= 0.6 is 0 Å². The van der Waals surface area contributed by atoms with E-state index in [9.17, 15) is 9.59 Å². The molecule has 5 heteroatoms. The van der Waals surface area contributed by atoms with Gasteiger partial charge in [-0.1, -0.05) is 0 Å². The van der Waals surface area contributed by atoms with Crippen LogP contribution in [-0.2, 0) is 14.3 Å². The molecule has 0 aromatic heterocycles. The summed E-state index contributed by atoms with van der Waals surface area (Å²) in [6, 6.07) is 0. The van der Waals surface area contributed by atoms with E-state index in [1.54, 1.807) is 0 Å². The Balaban J connectivity index is 2.09. The van der Waals surface area contributed by atoms with Gasteiger partial charge in [-0.2, -0.15) is 0 Å². The predicted octanol–water partition coefficient (Wildman–Crippen LogP) is 0.636. The molecular formula is C13H22N2O3. The van der Waals surface area contributed by atoms with Crippen molar-refractivity contribution in [3.63, 3.8) is 0 Å². The zero-order valence-electron chi connectivity index (χ0n) is 11.3. The standard InChI is InChI=1S/C13H22N2O3/c1-14-11(16)5-3-6-13(14)7-4-8-15(10-13)12(17)9-18-2/h3-10H2,1-2H3/t13-/m0/s1. The van der Waals surface area contributed by atoms with Crippen LogP contribution in [0.3, 0.4) is 0 Å². The highest BCUT2D eigenvalue weighted by Crippen LogP contribution is 2.35. The second kappa shape index (κ2) is 5.26. The summed E-state index contributed by atoms with van der Waals surface area (Å²) in [5.74, 6) is 0.241. The largest absolute Gasteiger partial charge is 0.375 e. The summed E-state index contributed by atoms with van der Waals surface area (Å²) in [5.41, 5.74) is -0.128. The molecule has 2 aliphatic heterocycles. The van der Waals surface area contributed by atoms with Gasteiger partial charge in [0.25, 0.3) is 0 Å². The van der Waals surface area contributed by atoms with E-state index in [4.69, 9.17) is 4.74 Å². The number of likely N-dealkylation sites (tertiary alicyclic amines) is 2. The monoisotopic (exact) mass is 254 g/mol. The van der Waals surface area contributed by atoms with E-state index in [1.807, 2.05) is 16.8 Å². The first-order chi connectivity index (χ1) is 8.59. The molecule has 102 valence electrons. The molecule has 0 N–H and O–H groups in total. The van der Waals surface area contributed by atoms with Crippen molar-refractivity contribution in [1.29, 1.82) is 0 Å². The molecule has 0 radical (unpaired) electrons. The maximum atomic E-state index is 11.9. The zero-order valence-corrected chi connectivity index (χ0v) is 11.3. The SMILES string of the molecule is COCC(=O)N1CCC[C@@]2(CCCC(=O)N2C)C1. The fourth-order valence-corrected chi connectivity index (χ4v) is 3.19. The lowest BCUT2D eigenvalue weighted by molar-refractivity contribution is -0.149. The van der Waals surface area contributed by atoms with Gasteiger partial charge >= 0.3 is 0 Å². The maximum Gasteiger partial charge on any atom is 0.248 e. The number of piperidine rings is 2. The smallest absolute Gasteiger partial charge is 0.248 e. The highest BCUT2D eigenvalue weighted by Gasteiger charge is 2.44. The van der Waals surface area contributed by atoms with E-state index in [0.717, 1.165) is 32.2 Å². The van der Waals surface area contributed by atoms with Gasteiger partial charge in [0.2, 0.25) is 11.8 Å². The van der Waals surface area contributed by atoms with Crippen LogP contribution in [0.2, 0.25) is 0 Å². The van der Waals surface area contributed by atoms with Crippen molar-refractivity contribution in [2.75, 3.05) is 33.9 Å². The molecule has 2 fully saturated rings. The molecular weight excluding hydrogens is 232 g/mol. The summed E-state index contributed by atoms with van der Waals surface area (Å²) < 4.78 is 4.91. The van der Waals surface area contributed by atoms with Crippen LogP contribution in [0.25, 0.3) is 0 Å². The lowest BCUT2D eigenvalue weighted by Crippen LogP contribution is -2.62. The Morgan fingerprint density at radius 1 is 1.39 bits per heavy atom. The Bertz CT molecular complexity index is 341.